The molecule has 7 aromatic rings. The first-order chi connectivity index (χ1) is 35.0. The van der Waals surface area contributed by atoms with Crippen LogP contribution in [0, 0.1) is 24.1 Å². The number of rotatable bonds is 18. The third kappa shape index (κ3) is 18.2. The predicted molar refractivity (Wildman–Crippen MR) is 268 cm³/mol. The van der Waals surface area contributed by atoms with E-state index in [0.717, 1.165) is 48.8 Å². The normalized spacial score (nSPS) is 10.0. The molecule has 0 aliphatic rings. The number of carbonyl (C=O) groups is 3. The Labute approximate surface area is 438 Å². The molecule has 372 valence electrons. The van der Waals surface area contributed by atoms with Gasteiger partial charge in [0, 0.05) is 58.9 Å². The molecule has 2 aromatic carbocycles. The second kappa shape index (κ2) is 30.5. The van der Waals surface area contributed by atoms with Crippen molar-refractivity contribution >= 4 is 53.9 Å². The maximum Gasteiger partial charge on any atom is 2.00 e. The first kappa shape index (κ1) is 57.4. The second-order valence-electron chi connectivity index (χ2n) is 15.2. The molecular weight excluding hydrogens is 1050 g/mol. The Balaban J connectivity index is 0.000000302. The molecule has 0 atom stereocenters. The Kier molecular flexibility index (Phi) is 24.0. The molecule has 0 unspecified atom stereocenters. The van der Waals surface area contributed by atoms with Gasteiger partial charge in [-0.25, -0.2) is 4.98 Å². The van der Waals surface area contributed by atoms with E-state index in [1.54, 1.807) is 36.5 Å². The third-order valence-corrected chi connectivity index (χ3v) is 10.3. The van der Waals surface area contributed by atoms with Gasteiger partial charge in [-0.15, -0.1) is 0 Å². The molecule has 0 fully saturated rings. The van der Waals surface area contributed by atoms with Crippen molar-refractivity contribution in [2.45, 2.75) is 71.4 Å². The quantitative estimate of drug-likeness (QED) is 0.0197. The van der Waals surface area contributed by atoms with Crippen LogP contribution in [0.15, 0.2) is 122 Å². The summed E-state index contributed by atoms with van der Waals surface area (Å²) in [4.78, 5) is 50.8. The zero-order valence-corrected chi connectivity index (χ0v) is 41.9. The summed E-state index contributed by atoms with van der Waals surface area (Å²) in [6.07, 6.45) is 13.7. The van der Waals surface area contributed by atoms with Crippen LogP contribution in [-0.4, -0.2) is 49.6 Å². The number of hydrogen-bond acceptors (Lipinski definition) is 13. The van der Waals surface area contributed by atoms with Gasteiger partial charge in [-0.3, -0.25) is 29.3 Å². The molecule has 0 aliphatic heterocycles. The van der Waals surface area contributed by atoms with Gasteiger partial charge in [-0.1, -0.05) is 81.7 Å². The minimum absolute atomic E-state index is 0. The monoisotopic (exact) mass is 1090 g/mol. The number of ether oxygens (including phenoxy) is 3. The Bertz CT molecular complexity index is 2910. The molecule has 0 spiro atoms. The van der Waals surface area contributed by atoms with Crippen molar-refractivity contribution in [1.29, 1.82) is 0 Å². The van der Waals surface area contributed by atoms with Crippen molar-refractivity contribution in [1.82, 2.24) is 30.1 Å². The summed E-state index contributed by atoms with van der Waals surface area (Å²) in [6, 6.07) is 31.1. The number of nitrogens with zero attached hydrogens (tertiary/aromatic N) is 8. The number of anilines is 3. The Morgan fingerprint density at radius 2 is 1.11 bits per heavy atom. The van der Waals surface area contributed by atoms with E-state index in [-0.39, 0.29) is 43.9 Å². The first-order valence-electron chi connectivity index (χ1n) is 22.3. The fourth-order valence-corrected chi connectivity index (χ4v) is 6.90. The van der Waals surface area contributed by atoms with Crippen molar-refractivity contribution in [3.63, 3.8) is 0 Å². The molecule has 19 heteroatoms. The third-order valence-electron chi connectivity index (χ3n) is 10.3. The molecule has 7 rings (SSSR count). The van der Waals surface area contributed by atoms with Crippen molar-refractivity contribution in [2.24, 2.45) is 0 Å². The van der Waals surface area contributed by atoms with Crippen LogP contribution < -0.4 is 14.7 Å². The molecule has 14 nitrogen and oxygen atoms in total. The van der Waals surface area contributed by atoms with Gasteiger partial charge in [0.25, 0.3) is 6.47 Å². The van der Waals surface area contributed by atoms with Gasteiger partial charge in [0.2, 0.25) is 0 Å². The van der Waals surface area contributed by atoms with Gasteiger partial charge >= 0.3 is 38.6 Å². The Hall–Kier alpha value is -8.21. The van der Waals surface area contributed by atoms with Gasteiger partial charge < -0.3 is 34.7 Å². The van der Waals surface area contributed by atoms with Crippen LogP contribution in [0.5, 0.6) is 5.75 Å². The number of alkyl halides is 3. The number of aromatic nitrogens is 6. The molecule has 0 aliphatic carbocycles. The summed E-state index contributed by atoms with van der Waals surface area (Å²) in [5.41, 5.74) is 7.40. The molecule has 0 saturated carbocycles. The number of isothiocyanates is 1. The predicted octanol–water partition coefficient (Wildman–Crippen LogP) is 11.4. The molecule has 0 saturated heterocycles. The van der Waals surface area contributed by atoms with Crippen molar-refractivity contribution in [2.75, 3.05) is 4.90 Å². The molecule has 5 aromatic heterocycles. The number of hydrogen-bond donors (Lipinski definition) is 0. The summed E-state index contributed by atoms with van der Waals surface area (Å²) in [6.45, 7) is 5.13. The number of halogens is 3. The minimum atomic E-state index is -4.55. The van der Waals surface area contributed by atoms with Gasteiger partial charge in [-0.05, 0) is 115 Å². The van der Waals surface area contributed by atoms with E-state index < -0.39 is 11.9 Å². The number of aryl methyl sites for hydroxylation is 2. The van der Waals surface area contributed by atoms with Crippen LogP contribution in [0.2, 0.25) is 0 Å². The second-order valence-corrected chi connectivity index (χ2v) is 15.4. The SMILES string of the molecule is CCCCCc1ccc(N(c2ccc(CCCCC)cc2)c2ccnc(-c3cc(C(F)(F)F)n[n-]3)c2)cc1.O=COC#Cc1ccnc(-c2cc(OC=O)cc(-c3cc(C#COC=O)ccn3)n2)c1.[N-]=C=S.[Ru+2]. The van der Waals surface area contributed by atoms with Crippen molar-refractivity contribution < 1.29 is 61.2 Å². The van der Waals surface area contributed by atoms with Crippen molar-refractivity contribution in [3.8, 4) is 64.0 Å². The largest absolute Gasteiger partial charge is 2.00 e. The van der Waals surface area contributed by atoms with E-state index in [1.807, 2.05) is 6.07 Å². The summed E-state index contributed by atoms with van der Waals surface area (Å²) in [5, 5.41) is 15.5. The number of pyridine rings is 4. The van der Waals surface area contributed by atoms with Crippen LogP contribution in [0.4, 0.5) is 30.2 Å². The Morgan fingerprint density at radius 1 is 0.630 bits per heavy atom. The van der Waals surface area contributed by atoms with Gasteiger partial charge in [0.15, 0.2) is 0 Å². The smallest absolute Gasteiger partial charge is 0.753 e. The standard InChI is InChI=1S/C31H34F3N4.C22H11N3O6.CNS.Ru/c1-3-5-7-9-23-11-15-25(16-12-23)38(26-17-13-24(14-18-26)10-8-6-4-2)27-19-20-35-28(21-27)29-22-30(37-36-29)31(32,33)34;26-13-29-7-3-16-1-5-23-19(9-16)21-11-18(31-15-28)12-22(25-21)20-10-17(2-6-24-20)4-8-30-14-27;2-1-3;/h11-22H,3-10H2,1-2H3;1-2,5-6,9-15H;;/q-1;;-1;+2. The average molecular weight is 1090 g/mol. The zero-order valence-electron chi connectivity index (χ0n) is 39.4. The molecule has 73 heavy (non-hydrogen) atoms. The number of carbonyl (C=O) groups excluding carboxylic acids is 3. The van der Waals surface area contributed by atoms with E-state index in [1.165, 1.54) is 66.5 Å². The van der Waals surface area contributed by atoms with Crippen LogP contribution in [0.25, 0.3) is 39.6 Å². The average Bonchev–Trinajstić information content (AvgIpc) is 3.91. The van der Waals surface area contributed by atoms with E-state index in [2.05, 4.69) is 143 Å². The van der Waals surface area contributed by atoms with E-state index in [4.69, 9.17) is 10.1 Å². The molecule has 0 bridgehead atoms. The van der Waals surface area contributed by atoms with Gasteiger partial charge in [-0.2, -0.15) is 18.3 Å². The van der Waals surface area contributed by atoms with Crippen molar-refractivity contribution in [3.05, 3.63) is 155 Å². The van der Waals surface area contributed by atoms with Gasteiger partial charge in [0.1, 0.15) is 23.7 Å². The van der Waals surface area contributed by atoms with Crippen LogP contribution in [0.3, 0.4) is 0 Å². The zero-order chi connectivity index (χ0) is 51.6. The fraction of sp³-hybridized carbons (Fsp3) is 0.204. The molecular formula is C54H45F3N8O6RuS. The fourth-order valence-electron chi connectivity index (χ4n) is 6.90. The maximum atomic E-state index is 13.1. The Morgan fingerprint density at radius 3 is 1.55 bits per heavy atom. The van der Waals surface area contributed by atoms with E-state index >= 15 is 0 Å². The topological polar surface area (TPSA) is 183 Å². The number of benzene rings is 2. The summed E-state index contributed by atoms with van der Waals surface area (Å²) in [7, 11) is 0. The summed E-state index contributed by atoms with van der Waals surface area (Å²) >= 11 is 3.70. The van der Waals surface area contributed by atoms with E-state index in [9.17, 15) is 27.6 Å². The molecule has 5 heterocycles. The molecule has 0 amide bonds. The van der Waals surface area contributed by atoms with Crippen LogP contribution in [0.1, 0.15) is 80.3 Å². The summed E-state index contributed by atoms with van der Waals surface area (Å²) < 4.78 is 53.0. The molecule has 0 radical (unpaired) electrons. The summed E-state index contributed by atoms with van der Waals surface area (Å²) in [5.74, 6) is 5.52. The van der Waals surface area contributed by atoms with Gasteiger partial charge in [0.05, 0.1) is 28.5 Å². The first-order valence-corrected chi connectivity index (χ1v) is 22.7. The number of thiocarbonyl (C=S) groups is 1. The molecule has 0 N–H and O–H groups in total. The minimum Gasteiger partial charge on any atom is -0.753 e. The van der Waals surface area contributed by atoms with E-state index in [0.29, 0.717) is 46.1 Å². The number of unbranched alkanes of at least 4 members (excludes halogenated alkanes) is 4. The maximum absolute atomic E-state index is 13.1. The van der Waals surface area contributed by atoms with Crippen LogP contribution >= 0.6 is 12.2 Å². The van der Waals surface area contributed by atoms with Crippen LogP contribution in [-0.2, 0) is 62.4 Å².